The van der Waals surface area contributed by atoms with Crippen molar-refractivity contribution in [3.63, 3.8) is 0 Å². The Morgan fingerprint density at radius 3 is 2.83 bits per heavy atom. The molecule has 0 spiro atoms. The van der Waals surface area contributed by atoms with Crippen LogP contribution in [0.4, 0.5) is 0 Å². The number of aliphatic hydroxyl groups excluding tert-OH is 1. The number of benzene rings is 1. The van der Waals surface area contributed by atoms with Gasteiger partial charge in [0.25, 0.3) is 0 Å². The Hall–Kier alpha value is -0.480. The quantitative estimate of drug-likeness (QED) is 0.923. The first-order valence-electron chi connectivity index (χ1n) is 6.04. The van der Waals surface area contributed by atoms with Crippen molar-refractivity contribution in [1.29, 1.82) is 0 Å². The van der Waals surface area contributed by atoms with Gasteiger partial charge in [-0.3, -0.25) is 0 Å². The second-order valence-corrected chi connectivity index (χ2v) is 5.18. The van der Waals surface area contributed by atoms with Gasteiger partial charge in [-0.1, -0.05) is 23.2 Å². The van der Waals surface area contributed by atoms with Crippen molar-refractivity contribution in [1.82, 2.24) is 0 Å². The Labute approximate surface area is 117 Å². The molecule has 18 heavy (non-hydrogen) atoms. The van der Waals surface area contributed by atoms with E-state index in [2.05, 4.69) is 0 Å². The highest BCUT2D eigenvalue weighted by atomic mass is 35.5. The van der Waals surface area contributed by atoms with Crippen LogP contribution in [0.2, 0.25) is 10.0 Å². The van der Waals surface area contributed by atoms with Crippen molar-refractivity contribution >= 4 is 23.2 Å². The predicted molar refractivity (Wildman–Crippen MR) is 71.5 cm³/mol. The van der Waals surface area contributed by atoms with Gasteiger partial charge in [-0.15, -0.1) is 0 Å². The largest absolute Gasteiger partial charge is 0.489 e. The fraction of sp³-hybridized carbons (Fsp3) is 0.538. The zero-order chi connectivity index (χ0) is 13.0. The molecule has 1 unspecified atom stereocenters. The molecule has 0 aromatic heterocycles. The van der Waals surface area contributed by atoms with E-state index >= 15 is 0 Å². The zero-order valence-corrected chi connectivity index (χ0v) is 11.5. The second kappa shape index (κ2) is 6.62. The van der Waals surface area contributed by atoms with E-state index in [1.165, 1.54) is 0 Å². The van der Waals surface area contributed by atoms with E-state index in [0.717, 1.165) is 25.9 Å². The van der Waals surface area contributed by atoms with Crippen LogP contribution < -0.4 is 4.74 Å². The molecule has 2 rings (SSSR count). The Kier molecular flexibility index (Phi) is 5.13. The number of aliphatic hydroxyl groups is 1. The average Bonchev–Trinajstić information content (AvgIpc) is 2.38. The van der Waals surface area contributed by atoms with Crippen molar-refractivity contribution in [3.8, 4) is 5.75 Å². The molecule has 1 fully saturated rings. The van der Waals surface area contributed by atoms with Gasteiger partial charge in [0.15, 0.2) is 0 Å². The third-order valence-corrected chi connectivity index (χ3v) is 3.44. The normalized spacial score (nSPS) is 19.8. The fourth-order valence-corrected chi connectivity index (χ4v) is 2.60. The standard InChI is InChI=1S/C13H16Cl2O3/c14-10-5-9(7-16)13(12(15)6-10)18-8-11-3-1-2-4-17-11/h5-6,11,16H,1-4,7-8H2. The molecule has 1 saturated heterocycles. The Morgan fingerprint density at radius 2 is 2.17 bits per heavy atom. The molecule has 1 heterocycles. The highest BCUT2D eigenvalue weighted by Crippen LogP contribution is 2.33. The molecule has 0 aliphatic carbocycles. The summed E-state index contributed by atoms with van der Waals surface area (Å²) in [6.07, 6.45) is 3.38. The summed E-state index contributed by atoms with van der Waals surface area (Å²) in [6.45, 7) is 1.09. The molecular formula is C13H16Cl2O3. The highest BCUT2D eigenvalue weighted by Gasteiger charge is 2.17. The van der Waals surface area contributed by atoms with Crippen LogP contribution in [0.5, 0.6) is 5.75 Å². The van der Waals surface area contributed by atoms with Gasteiger partial charge in [-0.2, -0.15) is 0 Å². The van der Waals surface area contributed by atoms with Crippen LogP contribution in [0, 0.1) is 0 Å². The highest BCUT2D eigenvalue weighted by molar-refractivity contribution is 6.35. The summed E-state index contributed by atoms with van der Waals surface area (Å²) >= 11 is 11.9. The van der Waals surface area contributed by atoms with Crippen LogP contribution in [-0.4, -0.2) is 24.4 Å². The molecule has 0 saturated carbocycles. The van der Waals surface area contributed by atoms with Gasteiger partial charge < -0.3 is 14.6 Å². The Morgan fingerprint density at radius 1 is 1.33 bits per heavy atom. The maximum Gasteiger partial charge on any atom is 0.143 e. The molecule has 1 N–H and O–H groups in total. The molecule has 100 valence electrons. The van der Waals surface area contributed by atoms with Gasteiger partial charge in [-0.25, -0.2) is 0 Å². The van der Waals surface area contributed by atoms with Gasteiger partial charge in [0.05, 0.1) is 17.7 Å². The fourth-order valence-electron chi connectivity index (χ4n) is 2.01. The van der Waals surface area contributed by atoms with Crippen molar-refractivity contribution in [2.45, 2.75) is 32.0 Å². The molecule has 0 radical (unpaired) electrons. The van der Waals surface area contributed by atoms with Gasteiger partial charge in [0, 0.05) is 17.2 Å². The molecule has 5 heteroatoms. The van der Waals surface area contributed by atoms with Crippen LogP contribution in [0.1, 0.15) is 24.8 Å². The summed E-state index contributed by atoms with van der Waals surface area (Å²) in [6, 6.07) is 3.27. The number of ether oxygens (including phenoxy) is 2. The molecule has 1 atom stereocenters. The first-order chi connectivity index (χ1) is 8.70. The van der Waals surface area contributed by atoms with Crippen molar-refractivity contribution < 1.29 is 14.6 Å². The van der Waals surface area contributed by atoms with Crippen LogP contribution in [0.25, 0.3) is 0 Å². The number of hydrogen-bond acceptors (Lipinski definition) is 3. The Balaban J connectivity index is 2.03. The van der Waals surface area contributed by atoms with Crippen LogP contribution in [-0.2, 0) is 11.3 Å². The number of hydrogen-bond donors (Lipinski definition) is 1. The van der Waals surface area contributed by atoms with E-state index in [1.807, 2.05) is 0 Å². The summed E-state index contributed by atoms with van der Waals surface area (Å²) in [5.41, 5.74) is 0.600. The topological polar surface area (TPSA) is 38.7 Å². The molecule has 1 aromatic rings. The molecule has 1 aliphatic rings. The monoisotopic (exact) mass is 290 g/mol. The van der Waals surface area contributed by atoms with E-state index in [-0.39, 0.29) is 12.7 Å². The Bertz CT molecular complexity index is 403. The van der Waals surface area contributed by atoms with E-state index in [1.54, 1.807) is 12.1 Å². The lowest BCUT2D eigenvalue weighted by molar-refractivity contribution is -0.0114. The van der Waals surface area contributed by atoms with E-state index < -0.39 is 0 Å². The molecule has 0 amide bonds. The average molecular weight is 291 g/mol. The summed E-state index contributed by atoms with van der Waals surface area (Å²) in [7, 11) is 0. The summed E-state index contributed by atoms with van der Waals surface area (Å²) < 4.78 is 11.3. The number of rotatable bonds is 4. The minimum absolute atomic E-state index is 0.108. The third kappa shape index (κ3) is 3.51. The molecule has 0 bridgehead atoms. The van der Waals surface area contributed by atoms with Gasteiger partial charge in [-0.05, 0) is 31.4 Å². The lowest BCUT2D eigenvalue weighted by Gasteiger charge is -2.23. The van der Waals surface area contributed by atoms with Crippen molar-refractivity contribution in [2.75, 3.05) is 13.2 Å². The van der Waals surface area contributed by atoms with Crippen molar-refractivity contribution in [2.24, 2.45) is 0 Å². The zero-order valence-electron chi connectivity index (χ0n) is 9.99. The van der Waals surface area contributed by atoms with Crippen molar-refractivity contribution in [3.05, 3.63) is 27.7 Å². The van der Waals surface area contributed by atoms with Crippen LogP contribution >= 0.6 is 23.2 Å². The first kappa shape index (κ1) is 13.9. The van der Waals surface area contributed by atoms with E-state index in [9.17, 15) is 5.11 Å². The van der Waals surface area contributed by atoms with Crippen LogP contribution in [0.3, 0.4) is 0 Å². The van der Waals surface area contributed by atoms with Gasteiger partial charge >= 0.3 is 0 Å². The lowest BCUT2D eigenvalue weighted by Crippen LogP contribution is -2.26. The summed E-state index contributed by atoms with van der Waals surface area (Å²) in [4.78, 5) is 0. The van der Waals surface area contributed by atoms with Crippen LogP contribution in [0.15, 0.2) is 12.1 Å². The van der Waals surface area contributed by atoms with E-state index in [4.69, 9.17) is 32.7 Å². The molecular weight excluding hydrogens is 275 g/mol. The van der Waals surface area contributed by atoms with E-state index in [0.29, 0.717) is 28.0 Å². The smallest absolute Gasteiger partial charge is 0.143 e. The maximum absolute atomic E-state index is 9.28. The second-order valence-electron chi connectivity index (χ2n) is 4.33. The minimum atomic E-state index is -0.152. The molecule has 1 aliphatic heterocycles. The van der Waals surface area contributed by atoms with Gasteiger partial charge in [0.1, 0.15) is 12.4 Å². The minimum Gasteiger partial charge on any atom is -0.489 e. The first-order valence-corrected chi connectivity index (χ1v) is 6.79. The number of halogens is 2. The SMILES string of the molecule is OCc1cc(Cl)cc(Cl)c1OCC1CCCCO1. The maximum atomic E-state index is 9.28. The summed E-state index contributed by atoms with van der Waals surface area (Å²) in [5, 5.41) is 10.2. The lowest BCUT2D eigenvalue weighted by atomic mass is 10.1. The molecule has 3 nitrogen and oxygen atoms in total. The van der Waals surface area contributed by atoms with Gasteiger partial charge in [0.2, 0.25) is 0 Å². The third-order valence-electron chi connectivity index (χ3n) is 2.94. The summed E-state index contributed by atoms with van der Waals surface area (Å²) in [5.74, 6) is 0.498. The predicted octanol–water partition coefficient (Wildman–Crippen LogP) is 3.43. The molecule has 1 aromatic carbocycles.